The van der Waals surface area contributed by atoms with Crippen LogP contribution in [0.2, 0.25) is 0 Å². The molecular formula is C12H4F12N4O4. The molecule has 180 valence electrons. The van der Waals surface area contributed by atoms with E-state index in [0.29, 0.717) is 5.32 Å². The maximum atomic E-state index is 13.5. The van der Waals surface area contributed by atoms with Crippen LogP contribution in [0.25, 0.3) is 0 Å². The van der Waals surface area contributed by atoms with E-state index in [9.17, 15) is 72.9 Å². The van der Waals surface area contributed by atoms with Gasteiger partial charge in [-0.1, -0.05) is 0 Å². The maximum Gasteiger partial charge on any atom is 0.460 e. The lowest BCUT2D eigenvalue weighted by Gasteiger charge is -2.28. The predicted octanol–water partition coefficient (Wildman–Crippen LogP) is 5.38. The summed E-state index contributed by atoms with van der Waals surface area (Å²) >= 11 is 0. The average molecular weight is 496 g/mol. The number of alkyl halides is 12. The number of nitro groups is 2. The van der Waals surface area contributed by atoms with Crippen molar-refractivity contribution in [2.24, 2.45) is 0 Å². The van der Waals surface area contributed by atoms with Crippen LogP contribution >= 0.6 is 0 Å². The van der Waals surface area contributed by atoms with Crippen LogP contribution in [0.4, 0.5) is 69.7 Å². The van der Waals surface area contributed by atoms with E-state index in [-0.39, 0.29) is 0 Å². The molecule has 1 aromatic carbocycles. The third-order valence-corrected chi connectivity index (χ3v) is 3.52. The molecule has 0 aliphatic rings. The summed E-state index contributed by atoms with van der Waals surface area (Å²) in [4.78, 5) is 17.9. The van der Waals surface area contributed by atoms with Crippen molar-refractivity contribution in [3.8, 4) is 0 Å². The van der Waals surface area contributed by atoms with E-state index in [1.54, 1.807) is 0 Å². The average Bonchev–Trinajstić information content (AvgIpc) is 2.58. The molecule has 1 aromatic rings. The number of halogens is 12. The Morgan fingerprint density at radius 3 is 1.44 bits per heavy atom. The summed E-state index contributed by atoms with van der Waals surface area (Å²) in [5.74, 6) is -22.7. The van der Waals surface area contributed by atoms with E-state index in [1.165, 1.54) is 0 Å². The fourth-order valence-electron chi connectivity index (χ4n) is 1.91. The molecule has 2 N–H and O–H groups in total. The minimum Gasteiger partial charge on any atom is -0.328 e. The first-order valence-corrected chi connectivity index (χ1v) is 7.10. The number of amidine groups is 1. The highest BCUT2D eigenvalue weighted by Crippen LogP contribution is 2.50. The summed E-state index contributed by atoms with van der Waals surface area (Å²) in [6, 6.07) is -1.45. The van der Waals surface area contributed by atoms with Crippen molar-refractivity contribution in [1.82, 2.24) is 0 Å². The van der Waals surface area contributed by atoms with Gasteiger partial charge in [0.1, 0.15) is 0 Å². The number of anilines is 1. The van der Waals surface area contributed by atoms with Gasteiger partial charge in [-0.2, -0.15) is 52.7 Å². The third-order valence-electron chi connectivity index (χ3n) is 3.52. The van der Waals surface area contributed by atoms with Crippen molar-refractivity contribution < 1.29 is 62.5 Å². The lowest BCUT2D eigenvalue weighted by molar-refractivity contribution is -0.392. The van der Waals surface area contributed by atoms with Crippen LogP contribution in [0, 0.1) is 25.6 Å². The molecular weight excluding hydrogens is 492 g/mol. The first kappa shape index (κ1) is 26.7. The van der Waals surface area contributed by atoms with Crippen LogP contribution < -0.4 is 5.32 Å². The zero-order chi connectivity index (χ0) is 25.7. The Kier molecular flexibility index (Phi) is 6.38. The Balaban J connectivity index is 3.76. The Morgan fingerprint density at radius 1 is 0.781 bits per heavy atom. The molecule has 0 atom stereocenters. The Bertz CT molecular complexity index is 921. The molecule has 1 rings (SSSR count). The van der Waals surface area contributed by atoms with Gasteiger partial charge < -0.3 is 5.32 Å². The van der Waals surface area contributed by atoms with E-state index in [1.807, 2.05) is 0 Å². The zero-order valence-corrected chi connectivity index (χ0v) is 14.2. The van der Waals surface area contributed by atoms with E-state index in [2.05, 4.69) is 0 Å². The number of nitrogens with one attached hydrogen (secondary N) is 2. The number of nitrogens with zero attached hydrogens (tertiary/aromatic N) is 2. The topological polar surface area (TPSA) is 122 Å². The van der Waals surface area contributed by atoms with E-state index in [4.69, 9.17) is 5.41 Å². The number of nitro benzene ring substituents is 2. The van der Waals surface area contributed by atoms with Crippen molar-refractivity contribution in [3.63, 3.8) is 0 Å². The van der Waals surface area contributed by atoms with Gasteiger partial charge in [-0.25, -0.2) is 0 Å². The van der Waals surface area contributed by atoms with Crippen molar-refractivity contribution >= 4 is 22.9 Å². The second kappa shape index (κ2) is 7.65. The zero-order valence-electron chi connectivity index (χ0n) is 14.2. The summed E-state index contributed by atoms with van der Waals surface area (Å²) in [5, 5.41) is 29.1. The molecule has 32 heavy (non-hydrogen) atoms. The largest absolute Gasteiger partial charge is 0.460 e. The molecule has 0 radical (unpaired) electrons. The Hall–Kier alpha value is -3.35. The molecule has 20 heteroatoms. The number of benzene rings is 1. The lowest BCUT2D eigenvalue weighted by Crippen LogP contribution is -2.57. The number of rotatable bonds is 6. The van der Waals surface area contributed by atoms with Gasteiger partial charge in [0.2, 0.25) is 0 Å². The van der Waals surface area contributed by atoms with Gasteiger partial charge in [0.15, 0.2) is 11.5 Å². The van der Waals surface area contributed by atoms with Crippen LogP contribution in [0.15, 0.2) is 12.1 Å². The van der Waals surface area contributed by atoms with Gasteiger partial charge in [0.25, 0.3) is 11.4 Å². The molecule has 0 unspecified atom stereocenters. The normalized spacial score (nSPS) is 13.6. The number of hydrogen-bond donors (Lipinski definition) is 2. The van der Waals surface area contributed by atoms with Gasteiger partial charge in [-0.15, -0.1) is 0 Å². The number of hydrogen-bond acceptors (Lipinski definition) is 5. The predicted molar refractivity (Wildman–Crippen MR) is 77.0 cm³/mol. The smallest absolute Gasteiger partial charge is 0.328 e. The van der Waals surface area contributed by atoms with Crippen molar-refractivity contribution in [2.75, 3.05) is 5.32 Å². The molecule has 0 saturated carbocycles. The molecule has 0 heterocycles. The molecule has 0 aliphatic carbocycles. The van der Waals surface area contributed by atoms with Crippen molar-refractivity contribution in [1.29, 1.82) is 5.41 Å². The van der Waals surface area contributed by atoms with Crippen LogP contribution in [0.1, 0.15) is 5.56 Å². The fourth-order valence-corrected chi connectivity index (χ4v) is 1.91. The van der Waals surface area contributed by atoms with Gasteiger partial charge in [-0.05, 0) is 0 Å². The molecule has 0 spiro atoms. The lowest BCUT2D eigenvalue weighted by atomic mass is 10.0. The second-order valence-corrected chi connectivity index (χ2v) is 5.62. The van der Waals surface area contributed by atoms with Crippen LogP contribution in [0.5, 0.6) is 0 Å². The molecule has 0 fully saturated rings. The summed E-state index contributed by atoms with van der Waals surface area (Å²) in [7, 11) is 0. The quantitative estimate of drug-likeness (QED) is 0.180. The van der Waals surface area contributed by atoms with Crippen molar-refractivity contribution in [3.05, 3.63) is 37.9 Å². The van der Waals surface area contributed by atoms with Gasteiger partial charge in [0, 0.05) is 17.7 Å². The molecule has 0 aliphatic heterocycles. The van der Waals surface area contributed by atoms with E-state index >= 15 is 0 Å². The minimum absolute atomic E-state index is 0.522. The van der Waals surface area contributed by atoms with Gasteiger partial charge in [-0.3, -0.25) is 25.6 Å². The second-order valence-electron chi connectivity index (χ2n) is 5.62. The SMILES string of the molecule is N=C(Nc1c([N+](=O)[O-])cc(C(F)(F)C(F)(F)F)cc1[N+](=O)[O-])C(F)(F)C(F)(F)C(F)(F)F. The molecule has 0 saturated heterocycles. The first-order valence-electron chi connectivity index (χ1n) is 7.10. The minimum atomic E-state index is -7.00. The molecule has 0 bridgehead atoms. The van der Waals surface area contributed by atoms with Crippen LogP contribution in [-0.4, -0.2) is 39.9 Å². The monoisotopic (exact) mass is 496 g/mol. The summed E-state index contributed by atoms with van der Waals surface area (Å²) in [6.45, 7) is 0. The standard InChI is InChI=1S/C12H4F12N4O4/c13-8(14,11(19,20)21)3-1-4(27(29)30)6(5(2-3)28(31)32)26-7(25)9(15,16)10(17,18)12(22,23)24/h1-2H,(H2,25,26). The fraction of sp³-hybridized carbons (Fsp3) is 0.417. The Labute approximate surface area is 165 Å². The highest BCUT2D eigenvalue weighted by atomic mass is 19.4. The summed E-state index contributed by atoms with van der Waals surface area (Å²) < 4.78 is 154. The van der Waals surface area contributed by atoms with Crippen LogP contribution in [-0.2, 0) is 5.92 Å². The van der Waals surface area contributed by atoms with E-state index < -0.39 is 80.6 Å². The third kappa shape index (κ3) is 4.33. The van der Waals surface area contributed by atoms with Gasteiger partial charge in [0.05, 0.1) is 9.85 Å². The molecule has 0 aromatic heterocycles. The van der Waals surface area contributed by atoms with E-state index in [0.717, 1.165) is 0 Å². The Morgan fingerprint density at radius 2 is 1.16 bits per heavy atom. The maximum absolute atomic E-state index is 13.5. The first-order chi connectivity index (χ1) is 14.0. The van der Waals surface area contributed by atoms with Crippen molar-refractivity contribution in [2.45, 2.75) is 30.1 Å². The molecule has 0 amide bonds. The highest BCUT2D eigenvalue weighted by Gasteiger charge is 2.75. The highest BCUT2D eigenvalue weighted by molar-refractivity contribution is 6.02. The van der Waals surface area contributed by atoms with Crippen LogP contribution in [0.3, 0.4) is 0 Å². The summed E-state index contributed by atoms with van der Waals surface area (Å²) in [5.41, 5.74) is -9.08. The molecule has 8 nitrogen and oxygen atoms in total. The summed E-state index contributed by atoms with van der Waals surface area (Å²) in [6.07, 6.45) is -13.5. The van der Waals surface area contributed by atoms with Gasteiger partial charge >= 0.3 is 30.1 Å².